The third-order valence-corrected chi connectivity index (χ3v) is 5.11. The molecule has 0 N–H and O–H groups in total. The third-order valence-electron chi connectivity index (χ3n) is 4.71. The first-order chi connectivity index (χ1) is 11.9. The predicted molar refractivity (Wildman–Crippen MR) is 102 cm³/mol. The van der Waals surface area contributed by atoms with Gasteiger partial charge in [-0.3, -0.25) is 4.79 Å². The number of methoxy groups -OCH3 is 1. The summed E-state index contributed by atoms with van der Waals surface area (Å²) in [4.78, 5) is 11.9. The monoisotopic (exact) mass is 355 g/mol. The van der Waals surface area contributed by atoms with E-state index in [0.29, 0.717) is 0 Å². The number of carbonyl (C=O) groups excluding carboxylic acids is 1. The summed E-state index contributed by atoms with van der Waals surface area (Å²) in [5.74, 6) is -0.231. The van der Waals surface area contributed by atoms with E-state index < -0.39 is 0 Å². The number of benzene rings is 2. The molecule has 0 aliphatic rings. The molecule has 2 aromatic carbocycles. The Bertz CT molecular complexity index is 956. The van der Waals surface area contributed by atoms with Crippen LogP contribution in [0, 0.1) is 20.8 Å². The van der Waals surface area contributed by atoms with Crippen LogP contribution in [0.4, 0.5) is 0 Å². The van der Waals surface area contributed by atoms with Crippen LogP contribution in [-0.2, 0) is 22.5 Å². The molecule has 0 fully saturated rings. The molecule has 4 heteroatoms. The third kappa shape index (κ3) is 3.42. The van der Waals surface area contributed by atoms with Crippen molar-refractivity contribution in [2.24, 2.45) is 0 Å². The maximum Gasteiger partial charge on any atom is 0.310 e. The zero-order valence-corrected chi connectivity index (χ0v) is 15.8. The average Bonchev–Trinajstić information content (AvgIpc) is 2.81. The molecule has 0 radical (unpaired) electrons. The summed E-state index contributed by atoms with van der Waals surface area (Å²) in [6, 6.07) is 12.5. The van der Waals surface area contributed by atoms with Gasteiger partial charge in [-0.25, -0.2) is 0 Å². The standard InChI is InChI=1S/C21H22ClNO2/c1-13-6-5-7-16(8-13)12-23-15(3)17(10-21(24)25-4)18-9-14(2)19(22)11-20(18)23/h5-9,11H,10,12H2,1-4H3. The summed E-state index contributed by atoms with van der Waals surface area (Å²) in [7, 11) is 1.42. The van der Waals surface area contributed by atoms with E-state index in [-0.39, 0.29) is 12.4 Å². The van der Waals surface area contributed by atoms with E-state index >= 15 is 0 Å². The van der Waals surface area contributed by atoms with E-state index in [1.54, 1.807) is 0 Å². The number of rotatable bonds is 4. The highest BCUT2D eigenvalue weighted by Crippen LogP contribution is 2.32. The lowest BCUT2D eigenvalue weighted by Gasteiger charge is -2.10. The highest BCUT2D eigenvalue weighted by atomic mass is 35.5. The Balaban J connectivity index is 2.18. The summed E-state index contributed by atoms with van der Waals surface area (Å²) < 4.78 is 7.11. The highest BCUT2D eigenvalue weighted by Gasteiger charge is 2.18. The van der Waals surface area contributed by atoms with Crippen LogP contribution in [0.3, 0.4) is 0 Å². The van der Waals surface area contributed by atoms with Crippen LogP contribution < -0.4 is 0 Å². The first-order valence-electron chi connectivity index (χ1n) is 8.31. The second kappa shape index (κ2) is 6.93. The Labute approximate surface area is 153 Å². The molecule has 1 aromatic heterocycles. The van der Waals surface area contributed by atoms with Crippen molar-refractivity contribution in [3.05, 3.63) is 69.4 Å². The number of esters is 1. The molecule has 0 atom stereocenters. The molecule has 0 saturated heterocycles. The van der Waals surface area contributed by atoms with Crippen molar-refractivity contribution in [1.82, 2.24) is 4.57 Å². The molecule has 0 amide bonds. The number of carbonyl (C=O) groups is 1. The van der Waals surface area contributed by atoms with Gasteiger partial charge in [-0.05, 0) is 49.6 Å². The average molecular weight is 356 g/mol. The molecule has 0 aliphatic carbocycles. The fourth-order valence-corrected chi connectivity index (χ4v) is 3.47. The number of hydrogen-bond donors (Lipinski definition) is 0. The Morgan fingerprint density at radius 2 is 1.92 bits per heavy atom. The molecule has 3 rings (SSSR count). The van der Waals surface area contributed by atoms with Gasteiger partial charge in [0.1, 0.15) is 0 Å². The summed E-state index contributed by atoms with van der Waals surface area (Å²) >= 11 is 6.38. The first kappa shape index (κ1) is 17.6. The molecule has 25 heavy (non-hydrogen) atoms. The first-order valence-corrected chi connectivity index (χ1v) is 8.68. The van der Waals surface area contributed by atoms with E-state index in [2.05, 4.69) is 48.7 Å². The van der Waals surface area contributed by atoms with Gasteiger partial charge in [-0.1, -0.05) is 41.4 Å². The van der Waals surface area contributed by atoms with Crippen LogP contribution >= 0.6 is 11.6 Å². The maximum atomic E-state index is 11.9. The normalized spacial score (nSPS) is 11.1. The van der Waals surface area contributed by atoms with Crippen LogP contribution in [0.2, 0.25) is 5.02 Å². The molecule has 130 valence electrons. The van der Waals surface area contributed by atoms with E-state index in [4.69, 9.17) is 16.3 Å². The van der Waals surface area contributed by atoms with Crippen molar-refractivity contribution in [2.45, 2.75) is 33.7 Å². The Kier molecular flexibility index (Phi) is 4.87. The number of ether oxygens (including phenoxy) is 1. The summed E-state index contributed by atoms with van der Waals surface area (Å²) in [5, 5.41) is 1.80. The Hall–Kier alpha value is -2.26. The van der Waals surface area contributed by atoms with Crippen molar-refractivity contribution in [1.29, 1.82) is 0 Å². The van der Waals surface area contributed by atoms with Crippen molar-refractivity contribution in [3.8, 4) is 0 Å². The minimum absolute atomic E-state index is 0.231. The van der Waals surface area contributed by atoms with Gasteiger partial charge >= 0.3 is 5.97 Å². The van der Waals surface area contributed by atoms with Crippen LogP contribution in [0.1, 0.15) is 27.9 Å². The zero-order chi connectivity index (χ0) is 18.1. The molecule has 0 bridgehead atoms. The molecule has 3 nitrogen and oxygen atoms in total. The molecule has 0 unspecified atom stereocenters. The maximum absolute atomic E-state index is 11.9. The second-order valence-electron chi connectivity index (χ2n) is 6.51. The van der Waals surface area contributed by atoms with E-state index in [1.807, 2.05) is 13.0 Å². The molecular formula is C21H22ClNO2. The topological polar surface area (TPSA) is 31.2 Å². The quantitative estimate of drug-likeness (QED) is 0.618. The molecule has 3 aromatic rings. The SMILES string of the molecule is COC(=O)Cc1c(C)n(Cc2cccc(C)c2)c2cc(Cl)c(C)cc12. The van der Waals surface area contributed by atoms with Gasteiger partial charge in [0, 0.05) is 22.6 Å². The van der Waals surface area contributed by atoms with Crippen LogP contribution in [0.5, 0.6) is 0 Å². The van der Waals surface area contributed by atoms with Crippen molar-refractivity contribution in [3.63, 3.8) is 0 Å². The summed E-state index contributed by atoms with van der Waals surface area (Å²) in [6.45, 7) is 6.87. The smallest absolute Gasteiger partial charge is 0.310 e. The van der Waals surface area contributed by atoms with Gasteiger partial charge in [0.2, 0.25) is 0 Å². The lowest BCUT2D eigenvalue weighted by atomic mass is 10.1. The minimum atomic E-state index is -0.231. The van der Waals surface area contributed by atoms with Gasteiger partial charge in [0.05, 0.1) is 19.0 Å². The fourth-order valence-electron chi connectivity index (χ4n) is 3.31. The number of aryl methyl sites for hydroxylation is 2. The lowest BCUT2D eigenvalue weighted by molar-refractivity contribution is -0.139. The van der Waals surface area contributed by atoms with Crippen molar-refractivity contribution in [2.75, 3.05) is 7.11 Å². The van der Waals surface area contributed by atoms with E-state index in [1.165, 1.54) is 18.2 Å². The lowest BCUT2D eigenvalue weighted by Crippen LogP contribution is -2.07. The Morgan fingerprint density at radius 3 is 2.60 bits per heavy atom. The number of halogens is 1. The number of fused-ring (bicyclic) bond motifs is 1. The van der Waals surface area contributed by atoms with E-state index in [0.717, 1.165) is 39.3 Å². The molecule has 1 heterocycles. The number of aromatic nitrogens is 1. The van der Waals surface area contributed by atoms with Crippen LogP contribution in [0.25, 0.3) is 10.9 Å². The molecular weight excluding hydrogens is 334 g/mol. The highest BCUT2D eigenvalue weighted by molar-refractivity contribution is 6.32. The summed E-state index contributed by atoms with van der Waals surface area (Å²) in [5.41, 5.74) is 6.59. The molecule has 0 saturated carbocycles. The Morgan fingerprint density at radius 1 is 1.16 bits per heavy atom. The fraction of sp³-hybridized carbons (Fsp3) is 0.286. The summed E-state index contributed by atoms with van der Waals surface area (Å²) in [6.07, 6.45) is 0.265. The largest absolute Gasteiger partial charge is 0.469 e. The van der Waals surface area contributed by atoms with Gasteiger partial charge < -0.3 is 9.30 Å². The van der Waals surface area contributed by atoms with Crippen LogP contribution in [-0.4, -0.2) is 17.6 Å². The van der Waals surface area contributed by atoms with Crippen LogP contribution in [0.15, 0.2) is 36.4 Å². The van der Waals surface area contributed by atoms with Gasteiger partial charge in [0.15, 0.2) is 0 Å². The molecule has 0 aliphatic heterocycles. The van der Waals surface area contributed by atoms with Gasteiger partial charge in [-0.2, -0.15) is 0 Å². The number of nitrogens with zero attached hydrogens (tertiary/aromatic N) is 1. The predicted octanol–water partition coefficient (Wildman–Crippen LogP) is 4.98. The van der Waals surface area contributed by atoms with Gasteiger partial charge in [-0.15, -0.1) is 0 Å². The zero-order valence-electron chi connectivity index (χ0n) is 15.0. The van der Waals surface area contributed by atoms with Crippen molar-refractivity contribution < 1.29 is 9.53 Å². The minimum Gasteiger partial charge on any atom is -0.469 e. The van der Waals surface area contributed by atoms with Gasteiger partial charge in [0.25, 0.3) is 0 Å². The number of hydrogen-bond acceptors (Lipinski definition) is 2. The van der Waals surface area contributed by atoms with Crippen molar-refractivity contribution >= 4 is 28.5 Å². The molecule has 0 spiro atoms. The van der Waals surface area contributed by atoms with E-state index in [9.17, 15) is 4.79 Å². The second-order valence-corrected chi connectivity index (χ2v) is 6.92.